The molecule has 0 unspecified atom stereocenters. The Morgan fingerprint density at radius 3 is 2.41 bits per heavy atom. The lowest BCUT2D eigenvalue weighted by atomic mass is 10.1. The van der Waals surface area contributed by atoms with Crippen molar-refractivity contribution in [1.29, 1.82) is 0 Å². The zero-order valence-electron chi connectivity index (χ0n) is 23.0. The van der Waals surface area contributed by atoms with Crippen LogP contribution in [-0.2, 0) is 0 Å². The molecule has 5 heteroatoms. The summed E-state index contributed by atoms with van der Waals surface area (Å²) in [7, 11) is 0. The molecule has 0 atom stereocenters. The van der Waals surface area contributed by atoms with Gasteiger partial charge in [0, 0.05) is 31.7 Å². The van der Waals surface area contributed by atoms with Gasteiger partial charge in [-0.2, -0.15) is 9.97 Å². The van der Waals surface area contributed by atoms with Gasteiger partial charge in [0.1, 0.15) is 0 Å². The molecule has 4 aromatic carbocycles. The first-order valence-electron chi connectivity index (χ1n) is 13.9. The third-order valence-corrected chi connectivity index (χ3v) is 8.58. The van der Waals surface area contributed by atoms with Gasteiger partial charge in [0.2, 0.25) is 5.95 Å². The van der Waals surface area contributed by atoms with Gasteiger partial charge >= 0.3 is 0 Å². The van der Waals surface area contributed by atoms with Gasteiger partial charge in [0.25, 0.3) is 0 Å². The Labute approximate surface area is 243 Å². The highest BCUT2D eigenvalue weighted by molar-refractivity contribution is 7.99. The second kappa shape index (κ2) is 10.7. The molecule has 0 aliphatic carbocycles. The molecule has 0 bridgehead atoms. The Morgan fingerprint density at radius 2 is 1.56 bits per heavy atom. The Balaban J connectivity index is 1.57. The molecular formula is C36H28N4S. The first kappa shape index (κ1) is 25.2. The summed E-state index contributed by atoms with van der Waals surface area (Å²) >= 11 is 1.81. The van der Waals surface area contributed by atoms with Crippen molar-refractivity contribution in [3.05, 3.63) is 126 Å². The Kier molecular flexibility index (Phi) is 6.57. The van der Waals surface area contributed by atoms with E-state index in [0.29, 0.717) is 17.6 Å². The molecule has 198 valence electrons. The van der Waals surface area contributed by atoms with Crippen LogP contribution in [0.1, 0.15) is 37.2 Å². The zero-order chi connectivity index (χ0) is 27.8. The van der Waals surface area contributed by atoms with E-state index in [1.54, 1.807) is 11.8 Å². The van der Waals surface area contributed by atoms with Crippen molar-refractivity contribution in [3.8, 4) is 17.3 Å². The van der Waals surface area contributed by atoms with Crippen LogP contribution in [0.5, 0.6) is 0 Å². The van der Waals surface area contributed by atoms with Crippen LogP contribution in [-0.4, -0.2) is 19.5 Å². The van der Waals surface area contributed by atoms with Gasteiger partial charge in [-0.25, -0.2) is 4.98 Å². The minimum Gasteiger partial charge on any atom is -0.277 e. The Bertz CT molecular complexity index is 2020. The molecule has 3 heterocycles. The molecule has 41 heavy (non-hydrogen) atoms. The summed E-state index contributed by atoms with van der Waals surface area (Å²) in [6.07, 6.45) is 11.7. The van der Waals surface area contributed by atoms with Gasteiger partial charge in [0.05, 0.1) is 11.0 Å². The molecule has 0 N–H and O–H groups in total. The SMILES string of the molecule is CC=C(C=CCC)c1nc(-c2ccccc2)nc(-n2c3ccccc3c3ccc4c(c32)Sc2ccccc2C=C4)n1. The summed E-state index contributed by atoms with van der Waals surface area (Å²) in [4.78, 5) is 17.6. The normalized spacial score (nSPS) is 13.1. The minimum atomic E-state index is 0.611. The van der Waals surface area contributed by atoms with Crippen LogP contribution in [0.4, 0.5) is 0 Å². The number of rotatable bonds is 5. The van der Waals surface area contributed by atoms with Crippen LogP contribution in [0.15, 0.2) is 119 Å². The van der Waals surface area contributed by atoms with E-state index < -0.39 is 0 Å². The molecule has 2 aromatic heterocycles. The summed E-state index contributed by atoms with van der Waals surface area (Å²) in [5, 5.41) is 2.35. The summed E-state index contributed by atoms with van der Waals surface area (Å²) in [6, 6.07) is 31.7. The lowest BCUT2D eigenvalue weighted by molar-refractivity contribution is 0.928. The highest BCUT2D eigenvalue weighted by Gasteiger charge is 2.22. The van der Waals surface area contributed by atoms with Crippen molar-refractivity contribution in [2.75, 3.05) is 0 Å². The van der Waals surface area contributed by atoms with Crippen molar-refractivity contribution < 1.29 is 0 Å². The maximum Gasteiger partial charge on any atom is 0.238 e. The summed E-state index contributed by atoms with van der Waals surface area (Å²) < 4.78 is 2.23. The first-order chi connectivity index (χ1) is 20.2. The standard InChI is InChI=1S/C36H28N4S/c1-3-5-13-24(4-2)34-37-35(27-15-7-6-8-16-27)39-36(38-34)40-30-18-11-10-17-28(30)29-23-22-26-21-20-25-14-9-12-19-31(25)41-33(26)32(29)40/h4-23H,3H2,1-2H3. The quantitative estimate of drug-likeness (QED) is 0.201. The number of benzene rings is 4. The molecule has 0 saturated heterocycles. The lowest BCUT2D eigenvalue weighted by Gasteiger charge is -2.14. The van der Waals surface area contributed by atoms with Crippen LogP contribution in [0.2, 0.25) is 0 Å². The second-order valence-corrected chi connectivity index (χ2v) is 11.0. The highest BCUT2D eigenvalue weighted by atomic mass is 32.2. The number of para-hydroxylation sites is 1. The van der Waals surface area contributed by atoms with E-state index in [1.807, 2.05) is 25.1 Å². The van der Waals surface area contributed by atoms with Crippen molar-refractivity contribution >= 4 is 51.3 Å². The molecule has 1 aliphatic heterocycles. The van der Waals surface area contributed by atoms with Crippen LogP contribution >= 0.6 is 11.8 Å². The van der Waals surface area contributed by atoms with Gasteiger partial charge in [-0.3, -0.25) is 4.57 Å². The van der Waals surface area contributed by atoms with Crippen molar-refractivity contribution in [2.24, 2.45) is 0 Å². The van der Waals surface area contributed by atoms with E-state index >= 15 is 0 Å². The fourth-order valence-electron chi connectivity index (χ4n) is 5.34. The van der Waals surface area contributed by atoms with Crippen molar-refractivity contribution in [1.82, 2.24) is 19.5 Å². The fourth-order valence-corrected chi connectivity index (χ4v) is 6.52. The van der Waals surface area contributed by atoms with Gasteiger partial charge < -0.3 is 0 Å². The molecule has 0 fully saturated rings. The molecular weight excluding hydrogens is 520 g/mol. The summed E-state index contributed by atoms with van der Waals surface area (Å²) in [6.45, 7) is 4.16. The van der Waals surface area contributed by atoms with E-state index in [1.165, 1.54) is 31.7 Å². The number of allylic oxidation sites excluding steroid dienone is 4. The maximum absolute atomic E-state index is 5.14. The molecule has 0 spiro atoms. The average molecular weight is 549 g/mol. The molecule has 0 amide bonds. The van der Waals surface area contributed by atoms with Crippen LogP contribution in [0.25, 0.3) is 56.9 Å². The number of hydrogen-bond acceptors (Lipinski definition) is 4. The van der Waals surface area contributed by atoms with Crippen LogP contribution in [0.3, 0.4) is 0 Å². The monoisotopic (exact) mass is 548 g/mol. The fraction of sp³-hybridized carbons (Fsp3) is 0.0833. The van der Waals surface area contributed by atoms with Crippen LogP contribution in [0, 0.1) is 0 Å². The number of aromatic nitrogens is 4. The number of fused-ring (bicyclic) bond motifs is 6. The molecule has 1 aliphatic rings. The smallest absolute Gasteiger partial charge is 0.238 e. The molecule has 6 aromatic rings. The highest BCUT2D eigenvalue weighted by Crippen LogP contribution is 2.44. The zero-order valence-corrected chi connectivity index (χ0v) is 23.8. The average Bonchev–Trinajstić information content (AvgIpc) is 3.24. The second-order valence-electron chi connectivity index (χ2n) is 9.91. The van der Waals surface area contributed by atoms with Crippen LogP contribution < -0.4 is 0 Å². The predicted octanol–water partition coefficient (Wildman–Crippen LogP) is 9.64. The summed E-state index contributed by atoms with van der Waals surface area (Å²) in [5.41, 5.74) is 6.51. The third-order valence-electron chi connectivity index (χ3n) is 7.35. The van der Waals surface area contributed by atoms with E-state index in [9.17, 15) is 0 Å². The topological polar surface area (TPSA) is 43.6 Å². The van der Waals surface area contributed by atoms with E-state index in [0.717, 1.165) is 28.6 Å². The summed E-state index contributed by atoms with van der Waals surface area (Å²) in [5.74, 6) is 1.92. The van der Waals surface area contributed by atoms with Gasteiger partial charge in [0.15, 0.2) is 11.6 Å². The molecule has 4 nitrogen and oxygen atoms in total. The first-order valence-corrected chi connectivity index (χ1v) is 14.7. The number of hydrogen-bond donors (Lipinski definition) is 0. The van der Waals surface area contributed by atoms with E-state index in [2.05, 4.69) is 115 Å². The maximum atomic E-state index is 5.14. The Morgan fingerprint density at radius 1 is 0.780 bits per heavy atom. The van der Waals surface area contributed by atoms with Crippen molar-refractivity contribution in [2.45, 2.75) is 30.1 Å². The van der Waals surface area contributed by atoms with Gasteiger partial charge in [-0.05, 0) is 36.6 Å². The van der Waals surface area contributed by atoms with Gasteiger partial charge in [-0.1, -0.05) is 128 Å². The van der Waals surface area contributed by atoms with Gasteiger partial charge in [-0.15, -0.1) is 0 Å². The minimum absolute atomic E-state index is 0.611. The lowest BCUT2D eigenvalue weighted by Crippen LogP contribution is -2.08. The van der Waals surface area contributed by atoms with E-state index in [-0.39, 0.29) is 0 Å². The molecule has 0 radical (unpaired) electrons. The predicted molar refractivity (Wildman–Crippen MR) is 172 cm³/mol. The van der Waals surface area contributed by atoms with Crippen molar-refractivity contribution in [3.63, 3.8) is 0 Å². The Hall–Kier alpha value is -4.74. The van der Waals surface area contributed by atoms with E-state index in [4.69, 9.17) is 15.0 Å². The molecule has 7 rings (SSSR count). The number of nitrogens with zero attached hydrogens (tertiary/aromatic N) is 4. The largest absolute Gasteiger partial charge is 0.277 e. The third kappa shape index (κ3) is 4.48. The molecule has 0 saturated carbocycles.